The summed E-state index contributed by atoms with van der Waals surface area (Å²) in [6, 6.07) is 12.1. The van der Waals surface area contributed by atoms with Crippen molar-refractivity contribution >= 4 is 11.6 Å². The third-order valence-corrected chi connectivity index (χ3v) is 5.23. The van der Waals surface area contributed by atoms with Gasteiger partial charge in [-0.15, -0.1) is 0 Å². The predicted molar refractivity (Wildman–Crippen MR) is 101 cm³/mol. The van der Waals surface area contributed by atoms with Crippen LogP contribution in [0.15, 0.2) is 48.8 Å². The summed E-state index contributed by atoms with van der Waals surface area (Å²) in [6.07, 6.45) is 6.32. The van der Waals surface area contributed by atoms with Crippen molar-refractivity contribution < 1.29 is 9.53 Å². The lowest BCUT2D eigenvalue weighted by Gasteiger charge is -2.19. The molecule has 2 heterocycles. The second-order valence-electron chi connectivity index (χ2n) is 7.09. The van der Waals surface area contributed by atoms with E-state index in [0.29, 0.717) is 13.0 Å². The number of pyridine rings is 1. The Kier molecular flexibility index (Phi) is 4.15. The van der Waals surface area contributed by atoms with Crippen LogP contribution in [0, 0.1) is 6.92 Å². The van der Waals surface area contributed by atoms with Gasteiger partial charge < -0.3 is 14.5 Å². The molecule has 1 aromatic carbocycles. The molecule has 4 rings (SSSR count). The van der Waals surface area contributed by atoms with E-state index in [1.807, 2.05) is 54.0 Å². The van der Waals surface area contributed by atoms with E-state index in [4.69, 9.17) is 4.74 Å². The highest BCUT2D eigenvalue weighted by Crippen LogP contribution is 2.50. The van der Waals surface area contributed by atoms with Crippen molar-refractivity contribution in [3.8, 4) is 5.75 Å². The third kappa shape index (κ3) is 3.05. The standard InChI is InChI=1S/C21H23N3O2/c1-15-6-5-11-24-13-16(23-20(15)24)12-19(25)22-14-21(9-10-21)17-7-3-4-8-18(17)26-2/h3-8,11,13H,9-10,12,14H2,1-2H3,(H,22,25). The number of benzene rings is 1. The lowest BCUT2D eigenvalue weighted by molar-refractivity contribution is -0.120. The number of amides is 1. The molecule has 0 unspecified atom stereocenters. The molecule has 0 aliphatic heterocycles. The van der Waals surface area contributed by atoms with E-state index in [1.165, 1.54) is 5.56 Å². The largest absolute Gasteiger partial charge is 0.496 e. The molecule has 1 aliphatic carbocycles. The van der Waals surface area contributed by atoms with E-state index < -0.39 is 0 Å². The molecule has 0 saturated heterocycles. The Bertz CT molecular complexity index is 957. The van der Waals surface area contributed by atoms with Gasteiger partial charge in [-0.05, 0) is 37.5 Å². The number of ether oxygens (including phenoxy) is 1. The summed E-state index contributed by atoms with van der Waals surface area (Å²) in [4.78, 5) is 17.0. The van der Waals surface area contributed by atoms with Gasteiger partial charge in [-0.25, -0.2) is 4.98 Å². The number of aromatic nitrogens is 2. The van der Waals surface area contributed by atoms with Gasteiger partial charge in [0.2, 0.25) is 5.91 Å². The third-order valence-electron chi connectivity index (χ3n) is 5.23. The Hall–Kier alpha value is -2.82. The number of methoxy groups -OCH3 is 1. The van der Waals surface area contributed by atoms with Crippen molar-refractivity contribution in [3.63, 3.8) is 0 Å². The fourth-order valence-electron chi connectivity index (χ4n) is 3.56. The highest BCUT2D eigenvalue weighted by molar-refractivity contribution is 5.78. The zero-order chi connectivity index (χ0) is 18.1. The quantitative estimate of drug-likeness (QED) is 0.744. The Labute approximate surface area is 153 Å². The van der Waals surface area contributed by atoms with E-state index >= 15 is 0 Å². The minimum atomic E-state index is 0.00670. The first-order valence-electron chi connectivity index (χ1n) is 8.95. The number of rotatable bonds is 6. The van der Waals surface area contributed by atoms with Gasteiger partial charge in [0.05, 0.1) is 19.2 Å². The van der Waals surface area contributed by atoms with E-state index in [9.17, 15) is 4.79 Å². The Morgan fingerprint density at radius 3 is 2.81 bits per heavy atom. The van der Waals surface area contributed by atoms with Gasteiger partial charge in [-0.3, -0.25) is 4.79 Å². The molecule has 1 amide bonds. The molecular weight excluding hydrogens is 326 g/mol. The van der Waals surface area contributed by atoms with Crippen molar-refractivity contribution in [2.75, 3.05) is 13.7 Å². The number of hydrogen-bond acceptors (Lipinski definition) is 3. The highest BCUT2D eigenvalue weighted by atomic mass is 16.5. The van der Waals surface area contributed by atoms with Gasteiger partial charge >= 0.3 is 0 Å². The zero-order valence-electron chi connectivity index (χ0n) is 15.2. The van der Waals surface area contributed by atoms with Crippen LogP contribution in [0.4, 0.5) is 0 Å². The molecule has 1 saturated carbocycles. The topological polar surface area (TPSA) is 55.6 Å². The molecule has 5 heteroatoms. The second-order valence-corrected chi connectivity index (χ2v) is 7.09. The summed E-state index contributed by atoms with van der Waals surface area (Å²) >= 11 is 0. The molecule has 0 radical (unpaired) electrons. The van der Waals surface area contributed by atoms with E-state index in [2.05, 4.69) is 16.4 Å². The summed E-state index contributed by atoms with van der Waals surface area (Å²) in [7, 11) is 1.69. The summed E-state index contributed by atoms with van der Waals surface area (Å²) in [6.45, 7) is 2.66. The Balaban J connectivity index is 1.43. The maximum absolute atomic E-state index is 12.4. The van der Waals surface area contributed by atoms with E-state index in [0.717, 1.165) is 35.5 Å². The van der Waals surface area contributed by atoms with Gasteiger partial charge in [0.1, 0.15) is 11.4 Å². The normalized spacial score (nSPS) is 15.0. The molecule has 1 N–H and O–H groups in total. The monoisotopic (exact) mass is 349 g/mol. The first kappa shape index (κ1) is 16.6. The molecule has 1 fully saturated rings. The van der Waals surface area contributed by atoms with Crippen molar-refractivity contribution in [2.24, 2.45) is 0 Å². The van der Waals surface area contributed by atoms with Crippen LogP contribution in [-0.4, -0.2) is 28.9 Å². The Morgan fingerprint density at radius 1 is 1.27 bits per heavy atom. The predicted octanol–water partition coefficient (Wildman–Crippen LogP) is 3.04. The number of carbonyl (C=O) groups is 1. The number of carbonyl (C=O) groups excluding carboxylic acids is 1. The van der Waals surface area contributed by atoms with Crippen LogP contribution in [0.2, 0.25) is 0 Å². The molecule has 2 aromatic heterocycles. The number of para-hydroxylation sites is 1. The molecule has 5 nitrogen and oxygen atoms in total. The van der Waals surface area contributed by atoms with Crippen molar-refractivity contribution in [2.45, 2.75) is 31.6 Å². The molecule has 134 valence electrons. The average molecular weight is 349 g/mol. The summed E-state index contributed by atoms with van der Waals surface area (Å²) in [5.41, 5.74) is 4.00. The molecule has 26 heavy (non-hydrogen) atoms. The van der Waals surface area contributed by atoms with Gasteiger partial charge in [-0.1, -0.05) is 24.3 Å². The first-order chi connectivity index (χ1) is 12.6. The molecule has 0 bridgehead atoms. The van der Waals surface area contributed by atoms with Crippen molar-refractivity contribution in [1.82, 2.24) is 14.7 Å². The van der Waals surface area contributed by atoms with Crippen LogP contribution in [0.5, 0.6) is 5.75 Å². The van der Waals surface area contributed by atoms with Crippen molar-refractivity contribution in [1.29, 1.82) is 0 Å². The second kappa shape index (κ2) is 6.48. The first-order valence-corrected chi connectivity index (χ1v) is 8.95. The molecule has 3 aromatic rings. The van der Waals surface area contributed by atoms with E-state index in [1.54, 1.807) is 7.11 Å². The van der Waals surface area contributed by atoms with E-state index in [-0.39, 0.29) is 11.3 Å². The van der Waals surface area contributed by atoms with Crippen LogP contribution in [0.3, 0.4) is 0 Å². The number of hydrogen-bond donors (Lipinski definition) is 1. The van der Waals surface area contributed by atoms with Crippen LogP contribution in [0.1, 0.15) is 29.7 Å². The van der Waals surface area contributed by atoms with Crippen LogP contribution >= 0.6 is 0 Å². The average Bonchev–Trinajstić information content (AvgIpc) is 3.33. The number of imidazole rings is 1. The summed E-state index contributed by atoms with van der Waals surface area (Å²) < 4.78 is 7.46. The number of fused-ring (bicyclic) bond motifs is 1. The molecule has 0 atom stereocenters. The lowest BCUT2D eigenvalue weighted by atomic mass is 9.95. The van der Waals surface area contributed by atoms with Gasteiger partial charge in [-0.2, -0.15) is 0 Å². The molecule has 1 aliphatic rings. The molecule has 0 spiro atoms. The molecular formula is C21H23N3O2. The minimum absolute atomic E-state index is 0.00670. The summed E-state index contributed by atoms with van der Waals surface area (Å²) in [5, 5.41) is 3.10. The number of nitrogens with zero attached hydrogens (tertiary/aromatic N) is 2. The van der Waals surface area contributed by atoms with Gasteiger partial charge in [0.25, 0.3) is 0 Å². The smallest absolute Gasteiger partial charge is 0.226 e. The number of aryl methyl sites for hydroxylation is 1. The lowest BCUT2D eigenvalue weighted by Crippen LogP contribution is -2.33. The fraction of sp³-hybridized carbons (Fsp3) is 0.333. The zero-order valence-corrected chi connectivity index (χ0v) is 15.2. The van der Waals surface area contributed by atoms with Crippen LogP contribution < -0.4 is 10.1 Å². The van der Waals surface area contributed by atoms with Crippen LogP contribution in [-0.2, 0) is 16.6 Å². The maximum Gasteiger partial charge on any atom is 0.226 e. The van der Waals surface area contributed by atoms with Gasteiger partial charge in [0, 0.05) is 29.9 Å². The maximum atomic E-state index is 12.4. The van der Waals surface area contributed by atoms with Crippen LogP contribution in [0.25, 0.3) is 5.65 Å². The fourth-order valence-corrected chi connectivity index (χ4v) is 3.56. The SMILES string of the molecule is COc1ccccc1C1(CNC(=O)Cc2cn3cccc(C)c3n2)CC1. The highest BCUT2D eigenvalue weighted by Gasteiger charge is 2.46. The van der Waals surface area contributed by atoms with Gasteiger partial charge in [0.15, 0.2) is 0 Å². The minimum Gasteiger partial charge on any atom is -0.496 e. The number of nitrogens with one attached hydrogen (secondary N) is 1. The summed E-state index contributed by atoms with van der Waals surface area (Å²) in [5.74, 6) is 0.905. The Morgan fingerprint density at radius 2 is 2.08 bits per heavy atom. The van der Waals surface area contributed by atoms with Crippen molar-refractivity contribution in [3.05, 3.63) is 65.6 Å².